The highest BCUT2D eigenvalue weighted by Gasteiger charge is 2.23. The lowest BCUT2D eigenvalue weighted by atomic mass is 9.92. The number of aromatic nitrogens is 1. The number of nitrogens with two attached hydrogens (primary N) is 2. The fourth-order valence-corrected chi connectivity index (χ4v) is 4.35. The number of hydrogen-bond acceptors (Lipinski definition) is 5. The number of nitrogen functional groups attached to an aromatic ring is 1. The van der Waals surface area contributed by atoms with Gasteiger partial charge in [0.1, 0.15) is 11.5 Å². The largest absolute Gasteiger partial charge is 0.465 e. The summed E-state index contributed by atoms with van der Waals surface area (Å²) in [6, 6.07) is 14.8. The van der Waals surface area contributed by atoms with Gasteiger partial charge in [-0.05, 0) is 55.5 Å². The number of amidine groups is 1. The fourth-order valence-electron chi connectivity index (χ4n) is 4.35. The van der Waals surface area contributed by atoms with Crippen LogP contribution < -0.4 is 16.8 Å². The van der Waals surface area contributed by atoms with Crippen LogP contribution in [-0.2, 0) is 11.3 Å². The molecule has 6 N–H and O–H groups in total. The summed E-state index contributed by atoms with van der Waals surface area (Å²) in [5, 5.41) is 11.9. The number of ether oxygens (including phenoxy) is 1. The Hall–Kier alpha value is -3.65. The summed E-state index contributed by atoms with van der Waals surface area (Å²) < 4.78 is 6.70. The van der Waals surface area contributed by atoms with E-state index in [1.54, 1.807) is 18.2 Å². The van der Waals surface area contributed by atoms with Gasteiger partial charge < -0.3 is 26.1 Å². The van der Waals surface area contributed by atoms with Gasteiger partial charge in [-0.25, -0.2) is 4.79 Å². The van der Waals surface area contributed by atoms with Crippen LogP contribution in [0.1, 0.15) is 57.7 Å². The Labute approximate surface area is 192 Å². The number of methoxy groups -OCH3 is 1. The van der Waals surface area contributed by atoms with Gasteiger partial charge in [-0.1, -0.05) is 24.3 Å². The van der Waals surface area contributed by atoms with Crippen LogP contribution in [0.2, 0.25) is 0 Å². The molecule has 0 bridgehead atoms. The summed E-state index contributed by atoms with van der Waals surface area (Å²) in [5.41, 5.74) is 15.0. The van der Waals surface area contributed by atoms with Gasteiger partial charge in [0.15, 0.2) is 0 Å². The molecule has 1 aromatic heterocycles. The fraction of sp³-hybridized carbons (Fsp3) is 0.320. The van der Waals surface area contributed by atoms with Crippen molar-refractivity contribution in [2.45, 2.75) is 44.3 Å². The van der Waals surface area contributed by atoms with Crippen molar-refractivity contribution in [1.82, 2.24) is 9.88 Å². The van der Waals surface area contributed by atoms with Gasteiger partial charge in [0.25, 0.3) is 5.91 Å². The van der Waals surface area contributed by atoms with Crippen molar-refractivity contribution >= 4 is 28.6 Å². The van der Waals surface area contributed by atoms with E-state index in [0.29, 0.717) is 23.4 Å². The highest BCUT2D eigenvalue weighted by atomic mass is 16.5. The maximum Gasteiger partial charge on any atom is 0.337 e. The van der Waals surface area contributed by atoms with Crippen molar-refractivity contribution in [2.24, 2.45) is 11.5 Å². The average molecular weight is 448 g/mol. The Kier molecular flexibility index (Phi) is 6.46. The van der Waals surface area contributed by atoms with Crippen molar-refractivity contribution < 1.29 is 14.3 Å². The van der Waals surface area contributed by atoms with Crippen LogP contribution >= 0.6 is 0 Å². The first kappa shape index (κ1) is 22.5. The SMILES string of the molecule is COC(=O)c1ccc(Cn2c(C(=O)NC3CCC(N)CC3)cc3ccc(C(=N)N)cc32)cc1. The lowest BCUT2D eigenvalue weighted by Crippen LogP contribution is -2.41. The molecular formula is C25H29N5O3. The summed E-state index contributed by atoms with van der Waals surface area (Å²) in [4.78, 5) is 25.0. The Morgan fingerprint density at radius 2 is 1.73 bits per heavy atom. The van der Waals surface area contributed by atoms with Gasteiger partial charge in [0.2, 0.25) is 0 Å². The second-order valence-electron chi connectivity index (χ2n) is 8.58. The number of carbonyl (C=O) groups excluding carboxylic acids is 2. The van der Waals surface area contributed by atoms with E-state index in [2.05, 4.69) is 5.32 Å². The van der Waals surface area contributed by atoms with Crippen LogP contribution in [0, 0.1) is 5.41 Å². The topological polar surface area (TPSA) is 136 Å². The van der Waals surface area contributed by atoms with E-state index in [9.17, 15) is 9.59 Å². The molecule has 4 rings (SSSR count). The number of fused-ring (bicyclic) bond motifs is 1. The lowest BCUT2D eigenvalue weighted by Gasteiger charge is -2.27. The highest BCUT2D eigenvalue weighted by molar-refractivity contribution is 6.02. The van der Waals surface area contributed by atoms with Gasteiger partial charge in [0.05, 0.1) is 12.7 Å². The Morgan fingerprint density at radius 1 is 1.06 bits per heavy atom. The second kappa shape index (κ2) is 9.46. The first-order chi connectivity index (χ1) is 15.9. The molecule has 0 radical (unpaired) electrons. The number of carbonyl (C=O) groups is 2. The van der Waals surface area contributed by atoms with Crippen molar-refractivity contribution in [3.05, 3.63) is 70.9 Å². The summed E-state index contributed by atoms with van der Waals surface area (Å²) in [6.45, 7) is 0.421. The van der Waals surface area contributed by atoms with Crippen molar-refractivity contribution in [2.75, 3.05) is 7.11 Å². The Balaban J connectivity index is 1.68. The van der Waals surface area contributed by atoms with Crippen molar-refractivity contribution in [1.29, 1.82) is 5.41 Å². The first-order valence-electron chi connectivity index (χ1n) is 11.1. The highest BCUT2D eigenvalue weighted by Crippen LogP contribution is 2.24. The molecule has 0 unspecified atom stereocenters. The van der Waals surface area contributed by atoms with E-state index >= 15 is 0 Å². The van der Waals surface area contributed by atoms with Crippen LogP contribution in [0.4, 0.5) is 0 Å². The van der Waals surface area contributed by atoms with Crippen molar-refractivity contribution in [3.8, 4) is 0 Å². The molecule has 3 aromatic rings. The molecule has 8 nitrogen and oxygen atoms in total. The minimum absolute atomic E-state index is 0.0309. The number of hydrogen-bond donors (Lipinski definition) is 4. The molecule has 1 amide bonds. The summed E-state index contributed by atoms with van der Waals surface area (Å²) in [6.07, 6.45) is 3.55. The molecule has 1 saturated carbocycles. The predicted octanol–water partition coefficient (Wildman–Crippen LogP) is 2.76. The van der Waals surface area contributed by atoms with Crippen LogP contribution in [0.5, 0.6) is 0 Å². The molecule has 1 fully saturated rings. The van der Waals surface area contributed by atoms with Crippen molar-refractivity contribution in [3.63, 3.8) is 0 Å². The molecule has 0 atom stereocenters. The zero-order valence-electron chi connectivity index (χ0n) is 18.6. The third-order valence-electron chi connectivity index (χ3n) is 6.27. The normalized spacial score (nSPS) is 18.1. The molecule has 33 heavy (non-hydrogen) atoms. The minimum atomic E-state index is -0.397. The zero-order chi connectivity index (χ0) is 23.5. The standard InChI is InChI=1S/C25H29N5O3/c1-33-25(32)16-4-2-15(3-5-16)14-30-21-13-18(23(27)28)7-6-17(21)12-22(30)24(31)29-20-10-8-19(26)9-11-20/h2-7,12-13,19-20H,8-11,14,26H2,1H3,(H3,27,28)(H,29,31). The van der Waals surface area contributed by atoms with E-state index in [1.807, 2.05) is 34.9 Å². The van der Waals surface area contributed by atoms with E-state index in [4.69, 9.17) is 21.6 Å². The summed E-state index contributed by atoms with van der Waals surface area (Å²) in [5.74, 6) is -0.565. The Morgan fingerprint density at radius 3 is 2.36 bits per heavy atom. The molecule has 0 saturated heterocycles. The van der Waals surface area contributed by atoms with Crippen LogP contribution in [0.15, 0.2) is 48.5 Å². The van der Waals surface area contributed by atoms with Gasteiger partial charge in [-0.3, -0.25) is 10.2 Å². The smallest absolute Gasteiger partial charge is 0.337 e. The quantitative estimate of drug-likeness (QED) is 0.262. The number of nitrogens with zero attached hydrogens (tertiary/aromatic N) is 1. The maximum absolute atomic E-state index is 13.3. The number of nitrogens with one attached hydrogen (secondary N) is 2. The molecule has 1 heterocycles. The number of benzene rings is 2. The van der Waals surface area contributed by atoms with Gasteiger partial charge in [0, 0.05) is 35.1 Å². The summed E-state index contributed by atoms with van der Waals surface area (Å²) in [7, 11) is 1.35. The van der Waals surface area contributed by atoms with E-state index < -0.39 is 5.97 Å². The molecule has 0 spiro atoms. The average Bonchev–Trinajstić information content (AvgIpc) is 3.18. The third kappa shape index (κ3) is 4.90. The van der Waals surface area contributed by atoms with Gasteiger partial charge in [-0.15, -0.1) is 0 Å². The number of rotatable bonds is 6. The molecule has 8 heteroatoms. The monoisotopic (exact) mass is 447 g/mol. The van der Waals surface area contributed by atoms with Crippen LogP contribution in [-0.4, -0.2) is 41.5 Å². The van der Waals surface area contributed by atoms with E-state index in [1.165, 1.54) is 7.11 Å². The minimum Gasteiger partial charge on any atom is -0.465 e. The van der Waals surface area contributed by atoms with Crippen LogP contribution in [0.25, 0.3) is 10.9 Å². The molecule has 1 aliphatic rings. The molecule has 172 valence electrons. The first-order valence-corrected chi connectivity index (χ1v) is 11.1. The molecule has 1 aliphatic carbocycles. The molecular weight excluding hydrogens is 418 g/mol. The second-order valence-corrected chi connectivity index (χ2v) is 8.58. The van der Waals surface area contributed by atoms with E-state index in [0.717, 1.165) is 42.1 Å². The molecule has 2 aromatic carbocycles. The lowest BCUT2D eigenvalue weighted by molar-refractivity contribution is 0.0600. The zero-order valence-corrected chi connectivity index (χ0v) is 18.6. The molecule has 0 aliphatic heterocycles. The number of amides is 1. The predicted molar refractivity (Wildman–Crippen MR) is 128 cm³/mol. The van der Waals surface area contributed by atoms with Gasteiger partial charge >= 0.3 is 5.97 Å². The van der Waals surface area contributed by atoms with E-state index in [-0.39, 0.29) is 23.8 Å². The van der Waals surface area contributed by atoms with Crippen LogP contribution in [0.3, 0.4) is 0 Å². The summed E-state index contributed by atoms with van der Waals surface area (Å²) >= 11 is 0. The van der Waals surface area contributed by atoms with Gasteiger partial charge in [-0.2, -0.15) is 0 Å². The Bertz CT molecular complexity index is 1190. The maximum atomic E-state index is 13.3. The number of esters is 1. The third-order valence-corrected chi connectivity index (χ3v) is 6.27.